The minimum Gasteiger partial charge on any atom is -0.497 e. The predicted octanol–water partition coefficient (Wildman–Crippen LogP) is 5.07. The molecule has 3 amide bonds. The maximum atomic E-state index is 13.5. The molecule has 0 bridgehead atoms. The lowest BCUT2D eigenvalue weighted by atomic mass is 10.1. The first-order valence-electron chi connectivity index (χ1n) is 9.66. The highest BCUT2D eigenvalue weighted by molar-refractivity contribution is 8.25. The standard InChI is InChI=1S/C22H17Cl2NO7S2/c1-32-16-7-9-17(10-8-16)34(30,31)22(19(26)25(20(27)28)21(29)33-22)12-4-2-3-5-14-13-15(23)6-11-18(14)24/h6-11,13H,2,4,12H2,1H3,(H,27,28). The number of carboxylic acid groups (broad SMARTS) is 1. The zero-order valence-electron chi connectivity index (χ0n) is 17.6. The van der Waals surface area contributed by atoms with Gasteiger partial charge in [-0.2, -0.15) is 4.90 Å². The van der Waals surface area contributed by atoms with Gasteiger partial charge in [-0.3, -0.25) is 9.59 Å². The first-order chi connectivity index (χ1) is 16.0. The summed E-state index contributed by atoms with van der Waals surface area (Å²) >= 11 is 12.2. The van der Waals surface area contributed by atoms with E-state index < -0.39 is 31.2 Å². The van der Waals surface area contributed by atoms with Crippen LogP contribution in [0, 0.1) is 11.8 Å². The Morgan fingerprint density at radius 2 is 1.85 bits per heavy atom. The van der Waals surface area contributed by atoms with Crippen LogP contribution in [0.25, 0.3) is 0 Å². The smallest absolute Gasteiger partial charge is 0.421 e. The molecule has 1 atom stereocenters. The Morgan fingerprint density at radius 1 is 1.18 bits per heavy atom. The summed E-state index contributed by atoms with van der Waals surface area (Å²) in [6.07, 6.45) is -1.94. The Labute approximate surface area is 210 Å². The second-order valence-corrected chi connectivity index (χ2v) is 11.5. The van der Waals surface area contributed by atoms with E-state index in [9.17, 15) is 27.9 Å². The lowest BCUT2D eigenvalue weighted by Crippen LogP contribution is -2.47. The fraction of sp³-hybridized carbons (Fsp3) is 0.227. The summed E-state index contributed by atoms with van der Waals surface area (Å²) in [5.41, 5.74) is 0.480. The number of thioether (sulfide) groups is 1. The molecule has 1 heterocycles. The van der Waals surface area contributed by atoms with Crippen molar-refractivity contribution in [3.63, 3.8) is 0 Å². The molecule has 12 heteroatoms. The number of sulfone groups is 1. The Balaban J connectivity index is 1.91. The highest BCUT2D eigenvalue weighted by Crippen LogP contribution is 2.48. The fourth-order valence-corrected chi connectivity index (χ4v) is 7.06. The molecular formula is C22H17Cl2NO7S2. The molecule has 8 nitrogen and oxygen atoms in total. The van der Waals surface area contributed by atoms with Gasteiger partial charge in [-0.15, -0.1) is 0 Å². The summed E-state index contributed by atoms with van der Waals surface area (Å²) in [4.78, 5) is 36.5. The Hall–Kier alpha value is -2.71. The number of hydrogen-bond acceptors (Lipinski definition) is 7. The molecule has 1 aliphatic heterocycles. The van der Waals surface area contributed by atoms with Crippen molar-refractivity contribution in [2.45, 2.75) is 28.2 Å². The highest BCUT2D eigenvalue weighted by Gasteiger charge is 2.63. The zero-order chi connectivity index (χ0) is 25.1. The van der Waals surface area contributed by atoms with Crippen LogP contribution in [0.3, 0.4) is 0 Å². The number of rotatable bonds is 6. The summed E-state index contributed by atoms with van der Waals surface area (Å²) in [7, 11) is -3.08. The molecule has 2 aromatic rings. The molecule has 0 aliphatic carbocycles. The third kappa shape index (κ3) is 4.88. The van der Waals surface area contributed by atoms with Gasteiger partial charge >= 0.3 is 6.09 Å². The zero-order valence-corrected chi connectivity index (χ0v) is 20.7. The largest absolute Gasteiger partial charge is 0.497 e. The summed E-state index contributed by atoms with van der Waals surface area (Å²) in [6, 6.07) is 10.0. The molecular weight excluding hydrogens is 525 g/mol. The third-order valence-electron chi connectivity index (χ3n) is 4.92. The monoisotopic (exact) mass is 541 g/mol. The van der Waals surface area contributed by atoms with E-state index in [0.717, 1.165) is 0 Å². The number of nitrogens with zero attached hydrogens (tertiary/aromatic N) is 1. The molecule has 34 heavy (non-hydrogen) atoms. The second-order valence-electron chi connectivity index (χ2n) is 7.00. The van der Waals surface area contributed by atoms with Gasteiger partial charge in [-0.25, -0.2) is 13.2 Å². The van der Waals surface area contributed by atoms with E-state index in [1.807, 2.05) is 0 Å². The average molecular weight is 542 g/mol. The second kappa shape index (κ2) is 10.3. The molecule has 1 aliphatic rings. The number of amides is 3. The van der Waals surface area contributed by atoms with Crippen LogP contribution in [-0.4, -0.2) is 46.9 Å². The maximum absolute atomic E-state index is 13.5. The quantitative estimate of drug-likeness (QED) is 0.397. The van der Waals surface area contributed by atoms with E-state index in [2.05, 4.69) is 11.8 Å². The van der Waals surface area contributed by atoms with Crippen LogP contribution in [0.2, 0.25) is 10.0 Å². The summed E-state index contributed by atoms with van der Waals surface area (Å²) < 4.78 is 29.7. The molecule has 178 valence electrons. The van der Waals surface area contributed by atoms with Gasteiger partial charge in [0.25, 0.3) is 11.1 Å². The molecule has 0 spiro atoms. The molecule has 1 unspecified atom stereocenters. The van der Waals surface area contributed by atoms with Gasteiger partial charge in [0, 0.05) is 17.0 Å². The normalized spacial score (nSPS) is 17.9. The van der Waals surface area contributed by atoms with E-state index >= 15 is 0 Å². The van der Waals surface area contributed by atoms with Crippen LogP contribution >= 0.6 is 35.0 Å². The van der Waals surface area contributed by atoms with Crippen LogP contribution in [0.5, 0.6) is 5.75 Å². The molecule has 0 saturated carbocycles. The van der Waals surface area contributed by atoms with Crippen molar-refractivity contribution in [3.05, 3.63) is 58.1 Å². The first-order valence-corrected chi connectivity index (χ1v) is 12.7. The molecule has 2 aromatic carbocycles. The van der Waals surface area contributed by atoms with Crippen LogP contribution in [-0.2, 0) is 14.6 Å². The molecule has 0 aromatic heterocycles. The van der Waals surface area contributed by atoms with Crippen molar-refractivity contribution < 1.29 is 32.6 Å². The van der Waals surface area contributed by atoms with Gasteiger partial charge < -0.3 is 9.84 Å². The number of benzene rings is 2. The van der Waals surface area contributed by atoms with Crippen LogP contribution in [0.4, 0.5) is 9.59 Å². The number of carbonyl (C=O) groups is 3. The van der Waals surface area contributed by atoms with Gasteiger partial charge in [0.2, 0.25) is 13.9 Å². The van der Waals surface area contributed by atoms with E-state index in [1.165, 1.54) is 31.4 Å². The molecule has 0 radical (unpaired) electrons. The Morgan fingerprint density at radius 3 is 2.44 bits per heavy atom. The van der Waals surface area contributed by atoms with E-state index in [1.54, 1.807) is 18.2 Å². The van der Waals surface area contributed by atoms with Crippen molar-refractivity contribution in [2.75, 3.05) is 7.11 Å². The van der Waals surface area contributed by atoms with Crippen molar-refractivity contribution in [1.82, 2.24) is 4.90 Å². The van der Waals surface area contributed by atoms with E-state index in [4.69, 9.17) is 27.9 Å². The van der Waals surface area contributed by atoms with E-state index in [0.29, 0.717) is 21.4 Å². The fourth-order valence-electron chi connectivity index (χ4n) is 3.22. The van der Waals surface area contributed by atoms with Crippen molar-refractivity contribution in [3.8, 4) is 17.6 Å². The number of ether oxygens (including phenoxy) is 1. The number of unbranched alkanes of at least 4 members (excludes halogenated alkanes) is 1. The maximum Gasteiger partial charge on any atom is 0.421 e. The highest BCUT2D eigenvalue weighted by atomic mass is 35.5. The Bertz CT molecular complexity index is 1320. The lowest BCUT2D eigenvalue weighted by molar-refractivity contribution is -0.126. The number of halogens is 2. The van der Waals surface area contributed by atoms with Gasteiger partial charge in [0.15, 0.2) is 0 Å². The van der Waals surface area contributed by atoms with Crippen molar-refractivity contribution >= 4 is 62.0 Å². The number of methoxy groups -OCH3 is 1. The molecule has 3 rings (SSSR count). The minimum absolute atomic E-state index is 0.0663. The summed E-state index contributed by atoms with van der Waals surface area (Å²) in [5, 5.41) is 8.95. The van der Waals surface area contributed by atoms with Gasteiger partial charge in [-0.05, 0) is 67.1 Å². The molecule has 1 fully saturated rings. The van der Waals surface area contributed by atoms with Crippen molar-refractivity contribution in [1.29, 1.82) is 0 Å². The summed E-state index contributed by atoms with van der Waals surface area (Å²) in [6.45, 7) is 0. The number of carbonyl (C=O) groups excluding carboxylic acids is 2. The minimum atomic E-state index is -4.48. The SMILES string of the molecule is COc1ccc(S(=O)(=O)C2(CCCC#Cc3cc(Cl)ccc3Cl)SC(=O)N(C(=O)O)C2=O)cc1. The predicted molar refractivity (Wildman–Crippen MR) is 128 cm³/mol. The van der Waals surface area contributed by atoms with Crippen LogP contribution in [0.1, 0.15) is 24.8 Å². The molecule has 1 saturated heterocycles. The van der Waals surface area contributed by atoms with E-state index in [-0.39, 0.29) is 40.8 Å². The van der Waals surface area contributed by atoms with Gasteiger partial charge in [0.1, 0.15) is 5.75 Å². The number of imide groups is 3. The van der Waals surface area contributed by atoms with Crippen molar-refractivity contribution in [2.24, 2.45) is 0 Å². The van der Waals surface area contributed by atoms with Gasteiger partial charge in [-0.1, -0.05) is 35.0 Å². The van der Waals surface area contributed by atoms with Crippen LogP contribution in [0.15, 0.2) is 47.4 Å². The summed E-state index contributed by atoms with van der Waals surface area (Å²) in [5.74, 6) is 4.73. The topological polar surface area (TPSA) is 118 Å². The number of hydrogen-bond donors (Lipinski definition) is 1. The molecule has 1 N–H and O–H groups in total. The third-order valence-corrected chi connectivity index (χ3v) is 9.60. The van der Waals surface area contributed by atoms with Gasteiger partial charge in [0.05, 0.1) is 17.0 Å². The lowest BCUT2D eigenvalue weighted by Gasteiger charge is -2.24. The first kappa shape index (κ1) is 25.9. The average Bonchev–Trinajstić information content (AvgIpc) is 3.06. The van der Waals surface area contributed by atoms with Crippen LogP contribution < -0.4 is 4.74 Å². The Kier molecular flexibility index (Phi) is 7.83.